The molecule has 0 saturated heterocycles. The highest BCUT2D eigenvalue weighted by Crippen LogP contribution is 2.36. The third-order valence-electron chi connectivity index (χ3n) is 5.99. The van der Waals surface area contributed by atoms with E-state index in [0.29, 0.717) is 11.1 Å². The van der Waals surface area contributed by atoms with Gasteiger partial charge in [-0.15, -0.1) is 0 Å². The van der Waals surface area contributed by atoms with Crippen LogP contribution in [0.3, 0.4) is 0 Å². The van der Waals surface area contributed by atoms with Crippen molar-refractivity contribution in [3.8, 4) is 11.1 Å². The van der Waals surface area contributed by atoms with Crippen molar-refractivity contribution in [1.82, 2.24) is 5.32 Å². The number of aryl methyl sites for hydroxylation is 1. The van der Waals surface area contributed by atoms with E-state index in [9.17, 15) is 14.4 Å². The van der Waals surface area contributed by atoms with Crippen molar-refractivity contribution in [2.45, 2.75) is 33.2 Å². The number of benzene rings is 3. The van der Waals surface area contributed by atoms with Gasteiger partial charge in [-0.25, -0.2) is 4.79 Å². The van der Waals surface area contributed by atoms with Crippen LogP contribution in [0.25, 0.3) is 11.1 Å². The lowest BCUT2D eigenvalue weighted by molar-refractivity contribution is -0.145. The number of carbonyl (C=O) groups excluding carboxylic acids is 3. The molecule has 0 fully saturated rings. The summed E-state index contributed by atoms with van der Waals surface area (Å²) in [5, 5.41) is 2.74. The minimum absolute atomic E-state index is 0.196. The summed E-state index contributed by atoms with van der Waals surface area (Å²) < 4.78 is 5.32. The standard InChI is InChI=1S/C28H27NO4/c1-17(2)26(29-27(31)19-10-8-18(3)9-11-19)28(32)33-16-25(30)22-13-12-21-14-20-6-4-5-7-23(20)24(21)15-22/h4-13,15,17,26H,14,16H2,1-3H3,(H,29,31)/t26-/m0/s1. The average Bonchev–Trinajstić information content (AvgIpc) is 3.18. The second-order valence-electron chi connectivity index (χ2n) is 8.80. The van der Waals surface area contributed by atoms with Crippen molar-refractivity contribution < 1.29 is 19.1 Å². The van der Waals surface area contributed by atoms with Gasteiger partial charge in [0.15, 0.2) is 12.4 Å². The molecule has 0 unspecified atom stereocenters. The van der Waals surface area contributed by atoms with Crippen LogP contribution in [0.15, 0.2) is 66.7 Å². The topological polar surface area (TPSA) is 72.5 Å². The van der Waals surface area contributed by atoms with Gasteiger partial charge in [-0.1, -0.05) is 67.9 Å². The average molecular weight is 442 g/mol. The molecule has 0 bridgehead atoms. The van der Waals surface area contributed by atoms with Crippen LogP contribution in [0.5, 0.6) is 0 Å². The molecule has 3 aromatic rings. The number of esters is 1. The maximum Gasteiger partial charge on any atom is 0.329 e. The van der Waals surface area contributed by atoms with Crippen LogP contribution in [0.4, 0.5) is 0 Å². The number of carbonyl (C=O) groups is 3. The van der Waals surface area contributed by atoms with Crippen molar-refractivity contribution in [3.05, 3.63) is 94.5 Å². The zero-order valence-corrected chi connectivity index (χ0v) is 19.1. The zero-order chi connectivity index (χ0) is 23.5. The third kappa shape index (κ3) is 4.87. The fourth-order valence-corrected chi connectivity index (χ4v) is 4.03. The van der Waals surface area contributed by atoms with Gasteiger partial charge >= 0.3 is 5.97 Å². The quantitative estimate of drug-likeness (QED) is 0.332. The molecule has 1 amide bonds. The van der Waals surface area contributed by atoms with Gasteiger partial charge in [0.2, 0.25) is 0 Å². The van der Waals surface area contributed by atoms with Crippen molar-refractivity contribution in [2.75, 3.05) is 6.61 Å². The first-order valence-corrected chi connectivity index (χ1v) is 11.1. The molecule has 1 aliphatic rings. The summed E-state index contributed by atoms with van der Waals surface area (Å²) in [4.78, 5) is 38.0. The van der Waals surface area contributed by atoms with Crippen LogP contribution in [-0.2, 0) is 16.0 Å². The molecule has 1 N–H and O–H groups in total. The van der Waals surface area contributed by atoms with E-state index < -0.39 is 12.0 Å². The van der Waals surface area contributed by atoms with E-state index in [1.54, 1.807) is 18.2 Å². The number of rotatable bonds is 7. The van der Waals surface area contributed by atoms with Gasteiger partial charge in [-0.3, -0.25) is 9.59 Å². The molecule has 1 aliphatic carbocycles. The van der Waals surface area contributed by atoms with E-state index in [2.05, 4.69) is 17.4 Å². The molecular formula is C28H27NO4. The molecule has 33 heavy (non-hydrogen) atoms. The maximum absolute atomic E-state index is 12.8. The Labute approximate surface area is 193 Å². The molecule has 0 radical (unpaired) electrons. The first kappa shape index (κ1) is 22.5. The summed E-state index contributed by atoms with van der Waals surface area (Å²) in [6.45, 7) is 5.21. The first-order valence-electron chi connectivity index (χ1n) is 11.1. The SMILES string of the molecule is Cc1ccc(C(=O)N[C@H](C(=O)OCC(=O)c2ccc3c(c2)-c2ccccc2C3)C(C)C)cc1. The predicted molar refractivity (Wildman–Crippen MR) is 127 cm³/mol. The van der Waals surface area contributed by atoms with Crippen LogP contribution in [0.2, 0.25) is 0 Å². The van der Waals surface area contributed by atoms with Gasteiger partial charge in [0.1, 0.15) is 6.04 Å². The van der Waals surface area contributed by atoms with Crippen LogP contribution < -0.4 is 5.32 Å². The van der Waals surface area contributed by atoms with E-state index >= 15 is 0 Å². The smallest absolute Gasteiger partial charge is 0.329 e. The highest BCUT2D eigenvalue weighted by atomic mass is 16.5. The summed E-state index contributed by atoms with van der Waals surface area (Å²) in [5.41, 5.74) is 6.62. The molecule has 4 rings (SSSR count). The summed E-state index contributed by atoms with van der Waals surface area (Å²) in [5.74, 6) is -1.44. The lowest BCUT2D eigenvalue weighted by Gasteiger charge is -2.21. The number of amides is 1. The summed E-state index contributed by atoms with van der Waals surface area (Å²) in [6.07, 6.45) is 0.853. The Bertz CT molecular complexity index is 1210. The van der Waals surface area contributed by atoms with Crippen molar-refractivity contribution in [1.29, 1.82) is 0 Å². The summed E-state index contributed by atoms with van der Waals surface area (Å²) >= 11 is 0. The normalized spacial score (nSPS) is 12.6. The Morgan fingerprint density at radius 3 is 2.27 bits per heavy atom. The van der Waals surface area contributed by atoms with E-state index in [4.69, 9.17) is 4.74 Å². The van der Waals surface area contributed by atoms with E-state index in [-0.39, 0.29) is 24.2 Å². The van der Waals surface area contributed by atoms with E-state index in [1.807, 2.05) is 57.2 Å². The zero-order valence-electron chi connectivity index (χ0n) is 19.1. The number of ether oxygens (including phenoxy) is 1. The number of hydrogen-bond donors (Lipinski definition) is 1. The number of ketones is 1. The fourth-order valence-electron chi connectivity index (χ4n) is 4.03. The molecule has 0 spiro atoms. The van der Waals surface area contributed by atoms with E-state index in [1.165, 1.54) is 11.1 Å². The van der Waals surface area contributed by atoms with Gasteiger partial charge < -0.3 is 10.1 Å². The molecule has 3 aromatic carbocycles. The molecular weight excluding hydrogens is 414 g/mol. The molecule has 5 nitrogen and oxygen atoms in total. The predicted octanol–water partition coefficient (Wildman–Crippen LogP) is 4.75. The Kier molecular flexibility index (Phi) is 6.40. The lowest BCUT2D eigenvalue weighted by Crippen LogP contribution is -2.45. The minimum Gasteiger partial charge on any atom is -0.456 e. The Morgan fingerprint density at radius 2 is 1.55 bits per heavy atom. The Hall–Kier alpha value is -3.73. The molecule has 168 valence electrons. The minimum atomic E-state index is -0.849. The van der Waals surface area contributed by atoms with Crippen molar-refractivity contribution >= 4 is 17.7 Å². The van der Waals surface area contributed by atoms with Gasteiger partial charge in [-0.05, 0) is 59.7 Å². The van der Waals surface area contributed by atoms with Crippen LogP contribution in [0, 0.1) is 12.8 Å². The number of fused-ring (bicyclic) bond motifs is 3. The van der Waals surface area contributed by atoms with Gasteiger partial charge in [0, 0.05) is 11.1 Å². The van der Waals surface area contributed by atoms with Gasteiger partial charge in [0.05, 0.1) is 0 Å². The lowest BCUT2D eigenvalue weighted by atomic mass is 10.0. The molecule has 0 aromatic heterocycles. The van der Waals surface area contributed by atoms with Crippen molar-refractivity contribution in [3.63, 3.8) is 0 Å². The number of hydrogen-bond acceptors (Lipinski definition) is 4. The summed E-state index contributed by atoms with van der Waals surface area (Å²) in [7, 11) is 0. The molecule has 1 atom stereocenters. The van der Waals surface area contributed by atoms with Crippen LogP contribution in [0.1, 0.15) is 51.3 Å². The Balaban J connectivity index is 1.40. The molecule has 5 heteroatoms. The molecule has 0 aliphatic heterocycles. The largest absolute Gasteiger partial charge is 0.456 e. The number of nitrogens with one attached hydrogen (secondary N) is 1. The highest BCUT2D eigenvalue weighted by molar-refractivity contribution is 6.00. The third-order valence-corrected chi connectivity index (χ3v) is 5.99. The highest BCUT2D eigenvalue weighted by Gasteiger charge is 2.27. The summed E-state index contributed by atoms with van der Waals surface area (Å²) in [6, 6.07) is 20.0. The second-order valence-corrected chi connectivity index (χ2v) is 8.80. The number of Topliss-reactive ketones (excluding diaryl/α,β-unsaturated/α-hetero) is 1. The van der Waals surface area contributed by atoms with Crippen molar-refractivity contribution in [2.24, 2.45) is 5.92 Å². The monoisotopic (exact) mass is 441 g/mol. The second kappa shape index (κ2) is 9.41. The van der Waals surface area contributed by atoms with Crippen LogP contribution >= 0.6 is 0 Å². The Morgan fingerprint density at radius 1 is 0.879 bits per heavy atom. The van der Waals surface area contributed by atoms with Gasteiger partial charge in [-0.2, -0.15) is 0 Å². The van der Waals surface area contributed by atoms with Crippen LogP contribution in [-0.4, -0.2) is 30.3 Å². The fraction of sp³-hybridized carbons (Fsp3) is 0.250. The van der Waals surface area contributed by atoms with E-state index in [0.717, 1.165) is 23.1 Å². The van der Waals surface area contributed by atoms with Gasteiger partial charge in [0.25, 0.3) is 5.91 Å². The molecule has 0 heterocycles. The maximum atomic E-state index is 12.8. The first-order chi connectivity index (χ1) is 15.8. The molecule has 0 saturated carbocycles.